The van der Waals surface area contributed by atoms with E-state index in [1.165, 1.54) is 11.3 Å². The Labute approximate surface area is 106 Å². The fourth-order valence-corrected chi connectivity index (χ4v) is 2.73. The fraction of sp³-hybridized carbons (Fsp3) is 0.250. The van der Waals surface area contributed by atoms with Crippen molar-refractivity contribution >= 4 is 11.3 Å². The van der Waals surface area contributed by atoms with Crippen LogP contribution in [0.15, 0.2) is 12.1 Å². The molecule has 2 aromatic rings. The molecule has 0 aliphatic rings. The molecule has 1 aromatic carbocycles. The van der Waals surface area contributed by atoms with E-state index in [4.69, 9.17) is 0 Å². The lowest BCUT2D eigenvalue weighted by Gasteiger charge is -2.01. The summed E-state index contributed by atoms with van der Waals surface area (Å²) in [5.74, 6) is -2.80. The molecule has 0 amide bonds. The number of aryl methyl sites for hydroxylation is 1. The van der Waals surface area contributed by atoms with Crippen molar-refractivity contribution in [3.05, 3.63) is 40.2 Å². The predicted molar refractivity (Wildman–Crippen MR) is 64.9 cm³/mol. The van der Waals surface area contributed by atoms with Gasteiger partial charge < -0.3 is 5.32 Å². The third-order valence-electron chi connectivity index (χ3n) is 2.45. The van der Waals surface area contributed by atoms with Crippen LogP contribution in [0, 0.1) is 24.4 Å². The summed E-state index contributed by atoms with van der Waals surface area (Å²) < 4.78 is 40.0. The van der Waals surface area contributed by atoms with Crippen molar-refractivity contribution in [2.75, 3.05) is 7.05 Å². The molecule has 0 saturated heterocycles. The highest BCUT2D eigenvalue weighted by molar-refractivity contribution is 7.15. The van der Waals surface area contributed by atoms with E-state index >= 15 is 0 Å². The zero-order valence-corrected chi connectivity index (χ0v) is 10.7. The number of hydrogen-bond donors (Lipinski definition) is 1. The number of thiazole rings is 1. The second kappa shape index (κ2) is 5.07. The average molecular weight is 272 g/mol. The van der Waals surface area contributed by atoms with Gasteiger partial charge in [-0.25, -0.2) is 18.2 Å². The van der Waals surface area contributed by atoms with Gasteiger partial charge in [0.1, 0.15) is 22.5 Å². The Morgan fingerprint density at radius 3 is 2.39 bits per heavy atom. The van der Waals surface area contributed by atoms with Gasteiger partial charge in [-0.05, 0) is 14.0 Å². The minimum absolute atomic E-state index is 0.229. The van der Waals surface area contributed by atoms with Crippen molar-refractivity contribution in [3.63, 3.8) is 0 Å². The number of benzene rings is 1. The number of nitrogens with zero attached hydrogens (tertiary/aromatic N) is 1. The van der Waals surface area contributed by atoms with Crippen molar-refractivity contribution < 1.29 is 13.2 Å². The molecule has 2 rings (SSSR count). The molecule has 0 spiro atoms. The number of aromatic nitrogens is 1. The summed E-state index contributed by atoms with van der Waals surface area (Å²) in [5.41, 5.74) is 0.444. The predicted octanol–water partition coefficient (Wildman–Crippen LogP) is 3.26. The first kappa shape index (κ1) is 13.0. The minimum atomic E-state index is -0.933. The molecule has 2 nitrogen and oxygen atoms in total. The molecule has 0 fully saturated rings. The monoisotopic (exact) mass is 272 g/mol. The van der Waals surface area contributed by atoms with Gasteiger partial charge in [0.2, 0.25) is 0 Å². The molecule has 0 atom stereocenters. The molecule has 1 heterocycles. The number of halogens is 3. The third kappa shape index (κ3) is 2.39. The van der Waals surface area contributed by atoms with Crippen LogP contribution in [0.1, 0.15) is 10.6 Å². The van der Waals surface area contributed by atoms with Crippen molar-refractivity contribution in [2.24, 2.45) is 0 Å². The molecule has 0 unspecified atom stereocenters. The Balaban J connectivity index is 2.52. The highest BCUT2D eigenvalue weighted by Gasteiger charge is 2.18. The molecule has 6 heteroatoms. The maximum atomic E-state index is 13.6. The first-order valence-corrected chi connectivity index (χ1v) is 6.10. The van der Waals surface area contributed by atoms with Crippen LogP contribution in [0.5, 0.6) is 0 Å². The maximum Gasteiger partial charge on any atom is 0.139 e. The number of hydrogen-bond acceptors (Lipinski definition) is 3. The SMILES string of the molecule is CNCc1sc(-c2c(F)cc(F)cc2F)nc1C. The second-order valence-electron chi connectivity index (χ2n) is 3.80. The Bertz CT molecular complexity index is 558. The summed E-state index contributed by atoms with van der Waals surface area (Å²) in [7, 11) is 1.78. The number of nitrogens with one attached hydrogen (secondary N) is 1. The Morgan fingerprint density at radius 1 is 1.22 bits per heavy atom. The quantitative estimate of drug-likeness (QED) is 0.927. The van der Waals surface area contributed by atoms with E-state index in [1.54, 1.807) is 14.0 Å². The van der Waals surface area contributed by atoms with Gasteiger partial charge >= 0.3 is 0 Å². The van der Waals surface area contributed by atoms with E-state index in [-0.39, 0.29) is 10.6 Å². The second-order valence-corrected chi connectivity index (χ2v) is 4.89. The summed E-state index contributed by atoms with van der Waals surface area (Å²) >= 11 is 1.20. The van der Waals surface area contributed by atoms with Crippen LogP contribution >= 0.6 is 11.3 Å². The Kier molecular flexibility index (Phi) is 3.68. The topological polar surface area (TPSA) is 24.9 Å². The lowest BCUT2D eigenvalue weighted by atomic mass is 10.2. The molecule has 0 radical (unpaired) electrons. The smallest absolute Gasteiger partial charge is 0.139 e. The van der Waals surface area contributed by atoms with Gasteiger partial charge in [-0.3, -0.25) is 0 Å². The molecule has 0 aliphatic carbocycles. The van der Waals surface area contributed by atoms with Crippen LogP contribution in [0.4, 0.5) is 13.2 Å². The van der Waals surface area contributed by atoms with Gasteiger partial charge in [-0.1, -0.05) is 0 Å². The van der Waals surface area contributed by atoms with Crippen molar-refractivity contribution in [3.8, 4) is 10.6 Å². The van der Waals surface area contributed by atoms with E-state index in [0.29, 0.717) is 24.4 Å². The van der Waals surface area contributed by atoms with E-state index in [9.17, 15) is 13.2 Å². The van der Waals surface area contributed by atoms with Crippen LogP contribution < -0.4 is 5.32 Å². The van der Waals surface area contributed by atoms with Crippen LogP contribution in [-0.2, 0) is 6.54 Å². The molecule has 96 valence electrons. The maximum absolute atomic E-state index is 13.6. The standard InChI is InChI=1S/C12H11F3N2S/c1-6-10(5-16-2)18-12(17-6)11-8(14)3-7(13)4-9(11)15/h3-4,16H,5H2,1-2H3. The summed E-state index contributed by atoms with van der Waals surface area (Å²) in [5, 5.41) is 3.18. The lowest BCUT2D eigenvalue weighted by molar-refractivity contribution is 0.548. The van der Waals surface area contributed by atoms with Crippen LogP contribution in [0.25, 0.3) is 10.6 Å². The van der Waals surface area contributed by atoms with Crippen LogP contribution in [0.2, 0.25) is 0 Å². The van der Waals surface area contributed by atoms with Gasteiger partial charge in [0.25, 0.3) is 0 Å². The molecular weight excluding hydrogens is 261 g/mol. The highest BCUT2D eigenvalue weighted by Crippen LogP contribution is 2.32. The molecule has 0 saturated carbocycles. The first-order valence-electron chi connectivity index (χ1n) is 5.28. The Morgan fingerprint density at radius 2 is 1.83 bits per heavy atom. The van der Waals surface area contributed by atoms with Gasteiger partial charge in [-0.15, -0.1) is 11.3 Å². The van der Waals surface area contributed by atoms with E-state index in [2.05, 4.69) is 10.3 Å². The van der Waals surface area contributed by atoms with Gasteiger partial charge in [-0.2, -0.15) is 0 Å². The Hall–Kier alpha value is -1.40. The van der Waals surface area contributed by atoms with Gasteiger partial charge in [0.15, 0.2) is 0 Å². The van der Waals surface area contributed by atoms with Crippen molar-refractivity contribution in [1.82, 2.24) is 10.3 Å². The minimum Gasteiger partial charge on any atom is -0.315 e. The first-order chi connectivity index (χ1) is 8.52. The van der Waals surface area contributed by atoms with E-state index in [0.717, 1.165) is 4.88 Å². The van der Waals surface area contributed by atoms with Crippen molar-refractivity contribution in [2.45, 2.75) is 13.5 Å². The molecule has 0 bridgehead atoms. The zero-order valence-electron chi connectivity index (χ0n) is 9.85. The molecular formula is C12H11F3N2S. The van der Waals surface area contributed by atoms with E-state index in [1.807, 2.05) is 0 Å². The normalized spacial score (nSPS) is 10.9. The summed E-state index contributed by atoms with van der Waals surface area (Å²) in [4.78, 5) is 5.03. The largest absolute Gasteiger partial charge is 0.315 e. The zero-order chi connectivity index (χ0) is 13.3. The summed E-state index contributed by atoms with van der Waals surface area (Å²) in [6, 6.07) is 1.32. The molecule has 0 aliphatic heterocycles. The van der Waals surface area contributed by atoms with Gasteiger partial charge in [0, 0.05) is 23.6 Å². The summed E-state index contributed by atoms with van der Waals surface area (Å²) in [6.45, 7) is 2.35. The third-order valence-corrected chi connectivity index (χ3v) is 3.63. The molecule has 1 N–H and O–H groups in total. The molecule has 1 aromatic heterocycles. The fourth-order valence-electron chi connectivity index (χ4n) is 1.61. The van der Waals surface area contributed by atoms with Crippen LogP contribution in [0.3, 0.4) is 0 Å². The average Bonchev–Trinajstić information content (AvgIpc) is 2.59. The van der Waals surface area contributed by atoms with Crippen LogP contribution in [-0.4, -0.2) is 12.0 Å². The van der Waals surface area contributed by atoms with E-state index < -0.39 is 17.5 Å². The lowest BCUT2D eigenvalue weighted by Crippen LogP contribution is -2.04. The van der Waals surface area contributed by atoms with Gasteiger partial charge in [0.05, 0.1) is 11.3 Å². The summed E-state index contributed by atoms with van der Waals surface area (Å²) in [6.07, 6.45) is 0. The molecule has 18 heavy (non-hydrogen) atoms. The number of rotatable bonds is 3. The highest BCUT2D eigenvalue weighted by atomic mass is 32.1. The van der Waals surface area contributed by atoms with Crippen molar-refractivity contribution in [1.29, 1.82) is 0 Å².